The van der Waals surface area contributed by atoms with E-state index in [9.17, 15) is 4.79 Å². The zero-order chi connectivity index (χ0) is 19.9. The van der Waals surface area contributed by atoms with Gasteiger partial charge in [-0.1, -0.05) is 0 Å². The number of rotatable bonds is 5. The van der Waals surface area contributed by atoms with E-state index < -0.39 is 0 Å². The van der Waals surface area contributed by atoms with Gasteiger partial charge in [0.05, 0.1) is 19.8 Å². The lowest BCUT2D eigenvalue weighted by Crippen LogP contribution is -2.54. The lowest BCUT2D eigenvalue weighted by atomic mass is 10.3. The molecule has 1 amide bonds. The monoisotopic (exact) mass is 520 g/mol. The predicted molar refractivity (Wildman–Crippen MR) is 121 cm³/mol. The highest BCUT2D eigenvalue weighted by atomic mass is 127. The number of halogens is 1. The number of nitrogens with one attached hydrogen (secondary N) is 1. The summed E-state index contributed by atoms with van der Waals surface area (Å²) in [7, 11) is 1.96. The smallest absolute Gasteiger partial charge is 0.236 e. The fourth-order valence-electron chi connectivity index (χ4n) is 3.38. The molecule has 0 aliphatic carbocycles. The fraction of sp³-hybridized carbons (Fsp3) is 0.778. The first-order chi connectivity index (χ1) is 13.6. The third kappa shape index (κ3) is 6.51. The highest BCUT2D eigenvalue weighted by Crippen LogP contribution is 2.06. The minimum atomic E-state index is 0. The number of guanidine groups is 1. The van der Waals surface area contributed by atoms with Crippen LogP contribution in [0.25, 0.3) is 0 Å². The van der Waals surface area contributed by atoms with Crippen molar-refractivity contribution in [3.05, 3.63) is 11.6 Å². The van der Waals surface area contributed by atoms with Crippen molar-refractivity contribution in [2.24, 2.45) is 12.0 Å². The Bertz CT molecular complexity index is 681. The number of carbonyl (C=O) groups excluding carboxylic acids is 1. The molecule has 0 unspecified atom stereocenters. The number of piperazine rings is 1. The zero-order valence-electron chi connectivity index (χ0n) is 17.6. The molecule has 11 heteroatoms. The molecule has 29 heavy (non-hydrogen) atoms. The van der Waals surface area contributed by atoms with E-state index in [0.717, 1.165) is 50.3 Å². The number of hydrogen-bond donors (Lipinski definition) is 1. The molecule has 0 spiro atoms. The number of hydrogen-bond acceptors (Lipinski definition) is 6. The van der Waals surface area contributed by atoms with Crippen LogP contribution in [0.3, 0.4) is 0 Å². The summed E-state index contributed by atoms with van der Waals surface area (Å²) in [4.78, 5) is 23.6. The Morgan fingerprint density at radius 1 is 1.10 bits per heavy atom. The summed E-state index contributed by atoms with van der Waals surface area (Å²) < 4.78 is 7.28. The van der Waals surface area contributed by atoms with Gasteiger partial charge in [0.15, 0.2) is 11.8 Å². The number of aryl methyl sites for hydroxylation is 1. The van der Waals surface area contributed by atoms with Crippen LogP contribution < -0.4 is 5.32 Å². The molecule has 2 aliphatic heterocycles. The van der Waals surface area contributed by atoms with Crippen LogP contribution in [0.4, 0.5) is 0 Å². The second kappa shape index (κ2) is 11.6. The molecule has 2 fully saturated rings. The lowest BCUT2D eigenvalue weighted by molar-refractivity contribution is -0.136. The van der Waals surface area contributed by atoms with E-state index in [0.29, 0.717) is 39.4 Å². The molecule has 0 saturated carbocycles. The van der Waals surface area contributed by atoms with Crippen molar-refractivity contribution in [1.82, 2.24) is 34.8 Å². The summed E-state index contributed by atoms with van der Waals surface area (Å²) in [5.41, 5.74) is 0. The normalized spacial score (nSPS) is 18.5. The fourth-order valence-corrected chi connectivity index (χ4v) is 3.38. The lowest BCUT2D eigenvalue weighted by Gasteiger charge is -2.37. The van der Waals surface area contributed by atoms with E-state index in [-0.39, 0.29) is 29.9 Å². The number of nitrogens with zero attached hydrogens (tertiary/aromatic N) is 7. The second-order valence-corrected chi connectivity index (χ2v) is 7.15. The molecule has 2 aliphatic rings. The number of aliphatic imine (C=N–C) groups is 1. The van der Waals surface area contributed by atoms with E-state index >= 15 is 0 Å². The molecule has 2 saturated heterocycles. The molecule has 0 aromatic carbocycles. The Balaban J connectivity index is 0.00000300. The van der Waals surface area contributed by atoms with Gasteiger partial charge in [-0.25, -0.2) is 4.99 Å². The summed E-state index contributed by atoms with van der Waals surface area (Å²) in [6.45, 7) is 11.9. The van der Waals surface area contributed by atoms with Crippen LogP contribution >= 0.6 is 24.0 Å². The molecule has 0 atom stereocenters. The first kappa shape index (κ1) is 23.8. The average molecular weight is 520 g/mol. The number of morpholine rings is 1. The van der Waals surface area contributed by atoms with Crippen LogP contribution in [0.2, 0.25) is 0 Å². The van der Waals surface area contributed by atoms with Crippen LogP contribution in [0.15, 0.2) is 4.99 Å². The van der Waals surface area contributed by atoms with Crippen LogP contribution in [-0.2, 0) is 23.1 Å². The van der Waals surface area contributed by atoms with Crippen molar-refractivity contribution in [2.45, 2.75) is 20.4 Å². The Morgan fingerprint density at radius 3 is 2.38 bits per heavy atom. The standard InChI is InChI=1S/C18H32N8O2.HI/c1-4-19-18(20-13-16-22-21-15(2)23(16)3)26-7-5-24(6-8-26)14-17(27)25-9-11-28-12-10-25;/h4-14H2,1-3H3,(H,19,20);1H. The Labute approximate surface area is 189 Å². The van der Waals surface area contributed by atoms with E-state index in [2.05, 4.69) is 32.2 Å². The van der Waals surface area contributed by atoms with E-state index in [1.807, 2.05) is 23.4 Å². The quantitative estimate of drug-likeness (QED) is 0.324. The average Bonchev–Trinajstić information content (AvgIpc) is 3.04. The van der Waals surface area contributed by atoms with E-state index in [1.54, 1.807) is 0 Å². The first-order valence-corrected chi connectivity index (χ1v) is 10.0. The topological polar surface area (TPSA) is 91.1 Å². The summed E-state index contributed by atoms with van der Waals surface area (Å²) >= 11 is 0. The number of carbonyl (C=O) groups is 1. The van der Waals surface area contributed by atoms with Crippen molar-refractivity contribution in [2.75, 3.05) is 65.6 Å². The van der Waals surface area contributed by atoms with Gasteiger partial charge in [-0.2, -0.15) is 0 Å². The van der Waals surface area contributed by atoms with Gasteiger partial charge in [0.2, 0.25) is 5.91 Å². The van der Waals surface area contributed by atoms with Crippen LogP contribution in [0, 0.1) is 6.92 Å². The molecule has 10 nitrogen and oxygen atoms in total. The van der Waals surface area contributed by atoms with Crippen LogP contribution in [0.1, 0.15) is 18.6 Å². The number of aromatic nitrogens is 3. The summed E-state index contributed by atoms with van der Waals surface area (Å²) in [5.74, 6) is 2.83. The van der Waals surface area contributed by atoms with Gasteiger partial charge >= 0.3 is 0 Å². The Morgan fingerprint density at radius 2 is 1.79 bits per heavy atom. The zero-order valence-corrected chi connectivity index (χ0v) is 20.0. The first-order valence-electron chi connectivity index (χ1n) is 10.0. The maximum atomic E-state index is 12.4. The van der Waals surface area contributed by atoms with Gasteiger partial charge < -0.3 is 24.4 Å². The molecule has 3 rings (SSSR count). The van der Waals surface area contributed by atoms with Gasteiger partial charge in [0, 0.05) is 52.9 Å². The molecule has 164 valence electrons. The van der Waals surface area contributed by atoms with Gasteiger partial charge in [0.25, 0.3) is 0 Å². The molecule has 0 radical (unpaired) electrons. The maximum Gasteiger partial charge on any atom is 0.236 e. The molecule has 0 bridgehead atoms. The largest absolute Gasteiger partial charge is 0.378 e. The van der Waals surface area contributed by atoms with Crippen molar-refractivity contribution in [1.29, 1.82) is 0 Å². The highest BCUT2D eigenvalue weighted by Gasteiger charge is 2.24. The summed E-state index contributed by atoms with van der Waals surface area (Å²) in [5, 5.41) is 11.6. The van der Waals surface area contributed by atoms with Gasteiger partial charge in [-0.05, 0) is 13.8 Å². The molecule has 3 heterocycles. The van der Waals surface area contributed by atoms with Gasteiger partial charge in [0.1, 0.15) is 12.4 Å². The van der Waals surface area contributed by atoms with Crippen LogP contribution in [0.5, 0.6) is 0 Å². The number of ether oxygens (including phenoxy) is 1. The van der Waals surface area contributed by atoms with Crippen molar-refractivity contribution in [3.63, 3.8) is 0 Å². The van der Waals surface area contributed by atoms with E-state index in [4.69, 9.17) is 9.73 Å². The van der Waals surface area contributed by atoms with Crippen molar-refractivity contribution in [3.8, 4) is 0 Å². The molecular formula is C18H33IN8O2. The van der Waals surface area contributed by atoms with Crippen LogP contribution in [-0.4, -0.2) is 107 Å². The Kier molecular flexibility index (Phi) is 9.56. The second-order valence-electron chi connectivity index (χ2n) is 7.15. The van der Waals surface area contributed by atoms with Crippen molar-refractivity contribution < 1.29 is 9.53 Å². The third-order valence-electron chi connectivity index (χ3n) is 5.28. The van der Waals surface area contributed by atoms with Crippen molar-refractivity contribution >= 4 is 35.8 Å². The third-order valence-corrected chi connectivity index (χ3v) is 5.28. The minimum Gasteiger partial charge on any atom is -0.378 e. The SMILES string of the molecule is CCNC(=NCc1nnc(C)n1C)N1CCN(CC(=O)N2CCOCC2)CC1.I. The minimum absolute atomic E-state index is 0. The molecule has 1 aromatic heterocycles. The van der Waals surface area contributed by atoms with Gasteiger partial charge in [-0.3, -0.25) is 9.69 Å². The summed E-state index contributed by atoms with van der Waals surface area (Å²) in [6.07, 6.45) is 0. The predicted octanol–water partition coefficient (Wildman–Crippen LogP) is -0.317. The highest BCUT2D eigenvalue weighted by molar-refractivity contribution is 14.0. The van der Waals surface area contributed by atoms with E-state index in [1.165, 1.54) is 0 Å². The molecule has 1 aromatic rings. The molecule has 1 N–H and O–H groups in total. The maximum absolute atomic E-state index is 12.4. The molecular weight excluding hydrogens is 487 g/mol. The number of amides is 1. The Hall–Kier alpha value is -1.47. The summed E-state index contributed by atoms with van der Waals surface area (Å²) in [6, 6.07) is 0. The van der Waals surface area contributed by atoms with Gasteiger partial charge in [-0.15, -0.1) is 34.2 Å².